The van der Waals surface area contributed by atoms with Gasteiger partial charge in [-0.2, -0.15) is 10.5 Å². The predicted molar refractivity (Wildman–Crippen MR) is 392 cm³/mol. The Labute approximate surface area is 652 Å². The second-order valence-corrected chi connectivity index (χ2v) is 28.2. The van der Waals surface area contributed by atoms with Crippen molar-refractivity contribution in [3.63, 3.8) is 0 Å². The Morgan fingerprint density at radius 2 is 0.735 bits per heavy atom. The molecular weight excluding hydrogens is 1570 g/mol. The fraction of sp³-hybridized carbons (Fsp3) is 0.600. The number of aliphatic hydroxyl groups excluding tert-OH is 12. The molecule has 0 amide bonds. The number of aromatic nitrogens is 12. The van der Waals surface area contributed by atoms with Crippen molar-refractivity contribution < 1.29 is 89.7 Å². The maximum atomic E-state index is 11.9. The molecule has 52 heteroatoms. The number of ether oxygens (including phenoxy) is 6. The van der Waals surface area contributed by atoms with E-state index in [1.165, 1.54) is 99.5 Å². The molecule has 0 spiro atoms. The van der Waals surface area contributed by atoms with E-state index in [-0.39, 0.29) is 22.3 Å². The fourth-order valence-corrected chi connectivity index (χ4v) is 12.9. The van der Waals surface area contributed by atoms with Gasteiger partial charge in [0.15, 0.2) is 31.1 Å². The molecule has 22 N–H and O–H groups in total. The normalized spacial score (nSPS) is 31.8. The number of H-pyrrole nitrogens is 6. The van der Waals surface area contributed by atoms with Gasteiger partial charge in [-0.25, -0.2) is 28.8 Å². The van der Waals surface area contributed by atoms with Gasteiger partial charge in [0.05, 0.1) is 75.6 Å². The zero-order valence-corrected chi connectivity index (χ0v) is 63.5. The van der Waals surface area contributed by atoms with Crippen molar-refractivity contribution in [2.75, 3.05) is 39.6 Å². The smallest absolute Gasteiger partial charge is 0.330 e. The first-order chi connectivity index (χ1) is 54.9. The van der Waals surface area contributed by atoms with Crippen LogP contribution in [0.5, 0.6) is 0 Å². The third-order valence-corrected chi connectivity index (χ3v) is 19.9. The maximum Gasteiger partial charge on any atom is 0.330 e. The third kappa shape index (κ3) is 19.1. The molecule has 0 aromatic carbocycles. The Balaban J connectivity index is 0.000000194. The van der Waals surface area contributed by atoms with Crippen LogP contribution in [0.3, 0.4) is 0 Å². The summed E-state index contributed by atoms with van der Waals surface area (Å²) in [4.78, 5) is 157. The molecule has 0 unspecified atom stereocenters. The first kappa shape index (κ1) is 93.0. The molecule has 6 aromatic rings. The SMILES string of the molecule is Cc1cn([C@@H]2O[C@H](CO)[C@@H](O)[C@@]2(C)C#N)c(=O)[nH]c1=O.Cc1cn([C@@H]2O[C@H](CO)[C@@H](O)[C@@]2(C)N)c(=O)[nH]c1=O.Cc1cn([C@@H]2O[C@H](CO)[C@@H](O)[C@@]2(C)N=[N+]=[N-])c(=O)[nH]c1=O.Cc1cn([C@@H]2O[C@H](CO)[C@@H](O)[C@H]2C#N)c(=O)[nH]c1=O.Cc1cn([C@@H]2O[C@H](CO)[C@@H](O)[C@H]2N)c(=O)[nH]c1=O.Cc1cn([C@@H]2O[C@H](CO)[C@@H](O)[C@H]2N=[N+]=[N-])c(=O)[nH]c1=O. The van der Waals surface area contributed by atoms with Crippen molar-refractivity contribution in [3.05, 3.63) is 216 Å². The fourth-order valence-electron chi connectivity index (χ4n) is 12.9. The minimum absolute atomic E-state index is 0.253. The Morgan fingerprint density at radius 3 is 1.10 bits per heavy atom. The van der Waals surface area contributed by atoms with Gasteiger partial charge in [-0.3, -0.25) is 86.1 Å². The zero-order chi connectivity index (χ0) is 87.7. The molecule has 24 atom stereocenters. The standard InChI is InChI=1S/C12H15N3O5.C11H15N5O5.C11H17N3O5.C11H13N3O5.C10H13N5O5.C10H15N3O5/c1-6-3-15(11(19)14-9(6)18)10-12(2,5-13)8(17)7(4-16)20-10;1-5-3-16(10(20)13-8(5)19)9-11(2,14-15-12)7(18)6(4-17)21-9;1-5-3-14(10(18)13-8(5)17)9-11(2,12)7(16)6(4-15)19-9;1-5-3-14(11(18)13-9(5)17)10-6(2-12)8(16)7(4-15)19-10;1-4-2-15(10(19)12-8(4)18)9-6(13-14-11)7(17)5(3-16)20-9;1-4-2-13(10(17)12-8(4)16)9-6(11)7(15)5(3-14)18-9/h3,7-8,10,16-17H,4H2,1-2H3,(H,14,18,19);3,6-7,9,17-18H,4H2,1-2H3,(H,13,19,20);3,6-7,9,15-16H,4,12H2,1-2H3,(H,13,17,18);3,6-8,10,15-16H,4H2,1H3,(H,13,17,18);2,5-7,9,16-17H,3H2,1H3,(H,12,18,19);2,5-7,9,14-15H,3,11H2,1H3,(H,12,16,17)/t7-,8-,10-,12-;2*6-,7-,9-,11-;6-,7-,8+,10-;2*5-,6-,7-,9-/m111111/s1. The highest BCUT2D eigenvalue weighted by molar-refractivity contribution is 5.15. The van der Waals surface area contributed by atoms with E-state index in [9.17, 15) is 98.5 Å². The van der Waals surface area contributed by atoms with Crippen LogP contribution in [0, 0.1) is 75.5 Å². The number of aliphatic hydroxyl groups is 12. The number of nitriles is 2. The van der Waals surface area contributed by atoms with Crippen molar-refractivity contribution >= 4 is 0 Å². The highest BCUT2D eigenvalue weighted by Gasteiger charge is 2.57. The van der Waals surface area contributed by atoms with E-state index in [2.05, 4.69) is 50.0 Å². The topological polar surface area (TPSA) is 824 Å². The van der Waals surface area contributed by atoms with Crippen LogP contribution < -0.4 is 79.0 Å². The average molecular weight is 1660 g/mol. The van der Waals surface area contributed by atoms with Crippen LogP contribution in [0.2, 0.25) is 0 Å². The lowest BCUT2D eigenvalue weighted by atomic mass is 9.84. The Hall–Kier alpha value is -11.1. The summed E-state index contributed by atoms with van der Waals surface area (Å²) in [6.07, 6.45) is -11.4. The summed E-state index contributed by atoms with van der Waals surface area (Å²) in [6, 6.07) is 1.84. The molecule has 117 heavy (non-hydrogen) atoms. The van der Waals surface area contributed by atoms with Gasteiger partial charge < -0.3 is 101 Å². The summed E-state index contributed by atoms with van der Waals surface area (Å²) in [6.45, 7) is 10.7. The van der Waals surface area contributed by atoms with Gasteiger partial charge in [0.1, 0.15) is 90.2 Å². The molecule has 6 aromatic heterocycles. The zero-order valence-electron chi connectivity index (χ0n) is 63.5. The second kappa shape index (κ2) is 38.3. The third-order valence-electron chi connectivity index (χ3n) is 19.9. The number of aromatic amines is 6. The van der Waals surface area contributed by atoms with Crippen molar-refractivity contribution in [2.24, 2.45) is 33.0 Å². The summed E-state index contributed by atoms with van der Waals surface area (Å²) < 4.78 is 38.6. The van der Waals surface area contributed by atoms with Crippen LogP contribution in [-0.4, -0.2) is 255 Å². The molecule has 6 aliphatic rings. The molecule has 0 saturated carbocycles. The average Bonchev–Trinajstić information content (AvgIpc) is 1.60. The van der Waals surface area contributed by atoms with Crippen LogP contribution in [0.4, 0.5) is 0 Å². The van der Waals surface area contributed by atoms with E-state index in [1.807, 2.05) is 12.1 Å². The first-order valence-corrected chi connectivity index (χ1v) is 35.0. The number of nitrogens with two attached hydrogens (primary N) is 2. The van der Waals surface area contributed by atoms with Crippen LogP contribution in [0.25, 0.3) is 20.9 Å². The van der Waals surface area contributed by atoms with E-state index in [4.69, 9.17) is 81.7 Å². The molecule has 0 aliphatic carbocycles. The quantitative estimate of drug-likeness (QED) is 0.0274. The van der Waals surface area contributed by atoms with Gasteiger partial charge in [-0.15, -0.1) is 0 Å². The number of nitrogens with zero attached hydrogens (tertiary/aromatic N) is 14. The minimum atomic E-state index is -1.50. The lowest BCUT2D eigenvalue weighted by molar-refractivity contribution is -0.0504. The molecule has 6 aliphatic heterocycles. The number of hydrogen-bond donors (Lipinski definition) is 20. The summed E-state index contributed by atoms with van der Waals surface area (Å²) in [5.41, 5.74) is 19.0. The van der Waals surface area contributed by atoms with Gasteiger partial charge in [0, 0.05) is 80.4 Å². The molecule has 12 rings (SSSR count). The Morgan fingerprint density at radius 1 is 0.427 bits per heavy atom. The van der Waals surface area contributed by atoms with Gasteiger partial charge in [-0.05, 0) is 73.4 Å². The lowest BCUT2D eigenvalue weighted by Crippen LogP contribution is -2.53. The van der Waals surface area contributed by atoms with Crippen LogP contribution in [0.1, 0.15) is 91.5 Å². The number of aryl methyl sites for hydroxylation is 6. The van der Waals surface area contributed by atoms with Gasteiger partial charge >= 0.3 is 34.1 Å². The van der Waals surface area contributed by atoms with E-state index in [0.717, 1.165) is 27.4 Å². The van der Waals surface area contributed by atoms with Gasteiger partial charge in [-0.1, -0.05) is 10.2 Å². The monoisotopic (exact) mass is 1660 g/mol. The van der Waals surface area contributed by atoms with Crippen molar-refractivity contribution in [1.82, 2.24) is 57.3 Å². The van der Waals surface area contributed by atoms with Crippen LogP contribution in [0.15, 0.2) is 105 Å². The van der Waals surface area contributed by atoms with Gasteiger partial charge in [0.2, 0.25) is 0 Å². The number of azide groups is 2. The minimum Gasteiger partial charge on any atom is -0.394 e. The summed E-state index contributed by atoms with van der Waals surface area (Å²) in [5.74, 6) is -1.000. The Kier molecular flexibility index (Phi) is 30.5. The molecular formula is C65H88N22O30. The second-order valence-electron chi connectivity index (χ2n) is 28.2. The summed E-state index contributed by atoms with van der Waals surface area (Å²) >= 11 is 0. The Bertz CT molecular complexity index is 5540. The molecule has 12 heterocycles. The highest BCUT2D eigenvalue weighted by atomic mass is 16.6. The van der Waals surface area contributed by atoms with E-state index in [0.29, 0.717) is 11.1 Å². The largest absolute Gasteiger partial charge is 0.394 e. The number of rotatable bonds is 14. The summed E-state index contributed by atoms with van der Waals surface area (Å²) in [5, 5.41) is 139. The van der Waals surface area contributed by atoms with Crippen LogP contribution >= 0.6 is 0 Å². The highest BCUT2D eigenvalue weighted by Crippen LogP contribution is 2.45. The van der Waals surface area contributed by atoms with Gasteiger partial charge in [0.25, 0.3) is 33.4 Å². The van der Waals surface area contributed by atoms with Crippen molar-refractivity contribution in [2.45, 2.75) is 196 Å². The van der Waals surface area contributed by atoms with Crippen molar-refractivity contribution in [3.8, 4) is 12.1 Å². The molecule has 0 radical (unpaired) electrons. The number of nitrogens with one attached hydrogen (secondary N) is 6. The van der Waals surface area contributed by atoms with E-state index < -0.39 is 252 Å². The summed E-state index contributed by atoms with van der Waals surface area (Å²) in [7, 11) is 0. The molecule has 52 nitrogen and oxygen atoms in total. The molecule has 0 bridgehead atoms. The van der Waals surface area contributed by atoms with Crippen LogP contribution in [-0.2, 0) is 28.4 Å². The lowest BCUT2D eigenvalue weighted by Gasteiger charge is -2.28. The maximum absolute atomic E-state index is 11.9. The van der Waals surface area contributed by atoms with E-state index >= 15 is 0 Å². The number of hydrogen-bond acceptors (Lipinski definition) is 36. The predicted octanol–water partition coefficient (Wildman–Crippen LogP) is -9.96. The van der Waals surface area contributed by atoms with Crippen molar-refractivity contribution in [1.29, 1.82) is 10.5 Å². The van der Waals surface area contributed by atoms with E-state index in [1.54, 1.807) is 0 Å². The molecule has 638 valence electrons. The molecule has 6 fully saturated rings. The molecule has 6 saturated heterocycles. The first-order valence-electron chi connectivity index (χ1n) is 35.0.